The van der Waals surface area contributed by atoms with E-state index >= 15 is 0 Å². The zero-order valence-electron chi connectivity index (χ0n) is 5.93. The fourth-order valence-corrected chi connectivity index (χ4v) is 0.507. The van der Waals surface area contributed by atoms with Crippen LogP contribution < -0.4 is 0 Å². The van der Waals surface area contributed by atoms with Gasteiger partial charge in [0.15, 0.2) is 0 Å². The fraction of sp³-hybridized carbons (Fsp3) is 0.714. The van der Waals surface area contributed by atoms with Crippen molar-refractivity contribution in [2.24, 2.45) is 0 Å². The highest BCUT2D eigenvalue weighted by atomic mass is 17.2. The molecular formula is C7H14O2. The van der Waals surface area contributed by atoms with E-state index in [4.69, 9.17) is 0 Å². The summed E-state index contributed by atoms with van der Waals surface area (Å²) in [6.45, 7) is 6.14. The van der Waals surface area contributed by atoms with Gasteiger partial charge in [-0.2, -0.15) is 4.89 Å². The minimum atomic E-state index is 0.667. The Labute approximate surface area is 56.4 Å². The third kappa shape index (κ3) is 7.50. The van der Waals surface area contributed by atoms with E-state index in [0.29, 0.717) is 6.61 Å². The van der Waals surface area contributed by atoms with Crippen LogP contribution in [0.4, 0.5) is 0 Å². The lowest BCUT2D eigenvalue weighted by atomic mass is 10.3. The summed E-state index contributed by atoms with van der Waals surface area (Å²) >= 11 is 0. The molecule has 0 aromatic heterocycles. The molecule has 0 aromatic rings. The molecule has 0 bridgehead atoms. The maximum Gasteiger partial charge on any atom is 0.122 e. The minimum absolute atomic E-state index is 0.667. The molecule has 2 heteroatoms. The van der Waals surface area contributed by atoms with E-state index in [2.05, 4.69) is 23.3 Å². The molecule has 0 unspecified atom stereocenters. The van der Waals surface area contributed by atoms with Crippen molar-refractivity contribution in [1.29, 1.82) is 0 Å². The Balaban J connectivity index is 2.66. The first-order chi connectivity index (χ1) is 4.41. The van der Waals surface area contributed by atoms with Crippen LogP contribution in [-0.2, 0) is 9.78 Å². The van der Waals surface area contributed by atoms with E-state index in [0.717, 1.165) is 6.42 Å². The number of hydrogen-bond acceptors (Lipinski definition) is 2. The second-order valence-electron chi connectivity index (χ2n) is 1.79. The van der Waals surface area contributed by atoms with E-state index in [1.54, 1.807) is 0 Å². The Bertz CT molecular complexity index is 61.9. The molecule has 0 aliphatic carbocycles. The molecule has 9 heavy (non-hydrogen) atoms. The molecular weight excluding hydrogens is 116 g/mol. The molecule has 0 aliphatic heterocycles. The predicted molar refractivity (Wildman–Crippen MR) is 36.8 cm³/mol. The molecule has 0 saturated carbocycles. The molecule has 0 amide bonds. The van der Waals surface area contributed by atoms with Crippen LogP contribution in [0.5, 0.6) is 0 Å². The SMILES string of the molecule is C=COOCCCCC. The molecule has 0 spiro atoms. The van der Waals surface area contributed by atoms with E-state index < -0.39 is 0 Å². The third-order valence-corrected chi connectivity index (χ3v) is 0.967. The summed E-state index contributed by atoms with van der Waals surface area (Å²) < 4.78 is 0. The normalized spacial score (nSPS) is 9.00. The molecule has 0 saturated heterocycles. The zero-order valence-corrected chi connectivity index (χ0v) is 5.93. The highest BCUT2D eigenvalue weighted by molar-refractivity contribution is 4.42. The lowest BCUT2D eigenvalue weighted by molar-refractivity contribution is -0.248. The van der Waals surface area contributed by atoms with Gasteiger partial charge >= 0.3 is 0 Å². The number of unbranched alkanes of at least 4 members (excludes halogenated alkanes) is 2. The lowest BCUT2D eigenvalue weighted by Gasteiger charge is -1.97. The molecule has 0 N–H and O–H groups in total. The second-order valence-corrected chi connectivity index (χ2v) is 1.79. The average Bonchev–Trinajstić information content (AvgIpc) is 1.89. The van der Waals surface area contributed by atoms with Crippen LogP contribution in [0, 0.1) is 0 Å². The van der Waals surface area contributed by atoms with Gasteiger partial charge in [0.05, 0.1) is 6.61 Å². The molecule has 0 atom stereocenters. The van der Waals surface area contributed by atoms with E-state index in [-0.39, 0.29) is 0 Å². The second kappa shape index (κ2) is 7.50. The summed E-state index contributed by atoms with van der Waals surface area (Å²) in [5.74, 6) is 0. The molecule has 54 valence electrons. The highest BCUT2D eigenvalue weighted by Crippen LogP contribution is 1.93. The maximum atomic E-state index is 4.67. The number of hydrogen-bond donors (Lipinski definition) is 0. The fourth-order valence-electron chi connectivity index (χ4n) is 0.507. The van der Waals surface area contributed by atoms with Gasteiger partial charge in [-0.05, 0) is 6.42 Å². The van der Waals surface area contributed by atoms with Crippen LogP contribution in [-0.4, -0.2) is 6.61 Å². The Morgan fingerprint density at radius 3 is 2.78 bits per heavy atom. The van der Waals surface area contributed by atoms with Gasteiger partial charge in [0.1, 0.15) is 6.26 Å². The van der Waals surface area contributed by atoms with Crippen LogP contribution in [0.1, 0.15) is 26.2 Å². The summed E-state index contributed by atoms with van der Waals surface area (Å²) in [5.41, 5.74) is 0. The van der Waals surface area contributed by atoms with E-state index in [9.17, 15) is 0 Å². The lowest BCUT2D eigenvalue weighted by Crippen LogP contribution is -1.90. The molecule has 0 aliphatic rings. The van der Waals surface area contributed by atoms with Gasteiger partial charge in [0.2, 0.25) is 0 Å². The topological polar surface area (TPSA) is 18.5 Å². The van der Waals surface area contributed by atoms with Crippen LogP contribution in [0.3, 0.4) is 0 Å². The minimum Gasteiger partial charge on any atom is -0.346 e. The molecule has 0 radical (unpaired) electrons. The van der Waals surface area contributed by atoms with Crippen LogP contribution in [0.2, 0.25) is 0 Å². The van der Waals surface area contributed by atoms with Crippen molar-refractivity contribution in [3.63, 3.8) is 0 Å². The summed E-state index contributed by atoms with van der Waals surface area (Å²) in [6, 6.07) is 0. The molecule has 0 aromatic carbocycles. The summed E-state index contributed by atoms with van der Waals surface area (Å²) in [5, 5.41) is 0. The van der Waals surface area contributed by atoms with Gasteiger partial charge in [-0.1, -0.05) is 26.3 Å². The van der Waals surface area contributed by atoms with Gasteiger partial charge in [-0.15, -0.1) is 0 Å². The summed E-state index contributed by atoms with van der Waals surface area (Å²) in [4.78, 5) is 9.11. The van der Waals surface area contributed by atoms with Crippen LogP contribution >= 0.6 is 0 Å². The van der Waals surface area contributed by atoms with Gasteiger partial charge in [-0.3, -0.25) is 0 Å². The van der Waals surface area contributed by atoms with Crippen molar-refractivity contribution in [1.82, 2.24) is 0 Å². The monoisotopic (exact) mass is 130 g/mol. The van der Waals surface area contributed by atoms with Gasteiger partial charge in [0, 0.05) is 0 Å². The van der Waals surface area contributed by atoms with Crippen molar-refractivity contribution in [2.75, 3.05) is 6.61 Å². The van der Waals surface area contributed by atoms with Crippen molar-refractivity contribution in [3.8, 4) is 0 Å². The summed E-state index contributed by atoms with van der Waals surface area (Å²) in [7, 11) is 0. The van der Waals surface area contributed by atoms with E-state index in [1.165, 1.54) is 19.1 Å². The maximum absolute atomic E-state index is 4.67. The van der Waals surface area contributed by atoms with Gasteiger partial charge in [0.25, 0.3) is 0 Å². The Morgan fingerprint density at radius 2 is 2.22 bits per heavy atom. The Kier molecular flexibility index (Phi) is 7.08. The van der Waals surface area contributed by atoms with Crippen LogP contribution in [0.15, 0.2) is 12.8 Å². The first-order valence-electron chi connectivity index (χ1n) is 3.31. The van der Waals surface area contributed by atoms with Crippen molar-refractivity contribution < 1.29 is 9.78 Å². The Morgan fingerprint density at radius 1 is 1.44 bits per heavy atom. The first-order valence-corrected chi connectivity index (χ1v) is 3.31. The predicted octanol–water partition coefficient (Wildman–Crippen LogP) is 2.27. The van der Waals surface area contributed by atoms with Gasteiger partial charge < -0.3 is 4.89 Å². The van der Waals surface area contributed by atoms with Crippen molar-refractivity contribution in [2.45, 2.75) is 26.2 Å². The quantitative estimate of drug-likeness (QED) is 0.237. The largest absolute Gasteiger partial charge is 0.346 e. The third-order valence-electron chi connectivity index (χ3n) is 0.967. The van der Waals surface area contributed by atoms with Crippen molar-refractivity contribution >= 4 is 0 Å². The number of rotatable bonds is 6. The molecule has 0 rings (SSSR count). The molecule has 2 nitrogen and oxygen atoms in total. The molecule has 0 heterocycles. The smallest absolute Gasteiger partial charge is 0.122 e. The zero-order chi connectivity index (χ0) is 6.95. The molecule has 0 fully saturated rings. The average molecular weight is 130 g/mol. The standard InChI is InChI=1S/C7H14O2/c1-3-5-6-7-9-8-4-2/h4H,2-3,5-7H2,1H3. The van der Waals surface area contributed by atoms with E-state index in [1.807, 2.05) is 0 Å². The first kappa shape index (κ1) is 8.50. The van der Waals surface area contributed by atoms with Crippen molar-refractivity contribution in [3.05, 3.63) is 12.8 Å². The van der Waals surface area contributed by atoms with Gasteiger partial charge in [-0.25, -0.2) is 0 Å². The Hall–Kier alpha value is -0.500. The highest BCUT2D eigenvalue weighted by Gasteiger charge is 1.84. The van der Waals surface area contributed by atoms with Crippen LogP contribution in [0.25, 0.3) is 0 Å². The summed E-state index contributed by atoms with van der Waals surface area (Å²) in [6.07, 6.45) is 4.74.